The predicted octanol–water partition coefficient (Wildman–Crippen LogP) is -0.629. The fraction of sp³-hybridized carbons (Fsp3) is 0.600. The highest BCUT2D eigenvalue weighted by molar-refractivity contribution is 7.58. The summed E-state index contributed by atoms with van der Waals surface area (Å²) in [5.74, 6) is -0.553. The van der Waals surface area contributed by atoms with Crippen LogP contribution in [0.5, 0.6) is 0 Å². The van der Waals surface area contributed by atoms with Crippen molar-refractivity contribution in [3.8, 4) is 0 Å². The molecule has 9 nitrogen and oxygen atoms in total. The van der Waals surface area contributed by atoms with E-state index in [0.29, 0.717) is 19.3 Å². The molecule has 0 radical (unpaired) electrons. The number of primary amides is 1. The second-order valence-electron chi connectivity index (χ2n) is 4.74. The molecule has 1 fully saturated rings. The first-order chi connectivity index (χ1) is 9.28. The van der Waals surface area contributed by atoms with E-state index in [4.69, 9.17) is 30.9 Å². The number of amides is 1. The molecular formula is C10H18N4O5P+. The third-order valence-electron chi connectivity index (χ3n) is 3.21. The Labute approximate surface area is 115 Å². The average Bonchev–Trinajstić information content (AvgIpc) is 2.91. The van der Waals surface area contributed by atoms with Crippen molar-refractivity contribution in [3.05, 3.63) is 12.0 Å². The Hall–Kier alpha value is -1.25. The first kappa shape index (κ1) is 15.1. The second kappa shape index (κ2) is 5.63. The lowest BCUT2D eigenvalue weighted by atomic mass is 10.2. The van der Waals surface area contributed by atoms with E-state index in [0.717, 1.165) is 0 Å². The van der Waals surface area contributed by atoms with Crippen LogP contribution in [0.3, 0.4) is 0 Å². The fourth-order valence-corrected chi connectivity index (χ4v) is 2.85. The number of ether oxygens (including phenoxy) is 1. The fourth-order valence-electron chi connectivity index (χ4n) is 2.21. The van der Waals surface area contributed by atoms with Crippen LogP contribution in [0.25, 0.3) is 0 Å². The number of imidazole rings is 1. The molecule has 1 aliphatic heterocycles. The normalized spacial score (nSPS) is 23.1. The quantitative estimate of drug-likeness (QED) is 0.453. The van der Waals surface area contributed by atoms with E-state index in [1.54, 1.807) is 0 Å². The number of nitrogens with two attached hydrogens (primary N) is 2. The summed E-state index contributed by atoms with van der Waals surface area (Å²) < 4.78 is 7.22. The highest BCUT2D eigenvalue weighted by Crippen LogP contribution is 2.46. The highest BCUT2D eigenvalue weighted by atomic mass is 31.2. The van der Waals surface area contributed by atoms with Crippen LogP contribution < -0.4 is 11.5 Å². The Kier molecular flexibility index (Phi) is 4.26. The van der Waals surface area contributed by atoms with E-state index in [1.807, 2.05) is 0 Å². The van der Waals surface area contributed by atoms with Crippen molar-refractivity contribution >= 4 is 19.7 Å². The number of aromatic nitrogens is 2. The van der Waals surface area contributed by atoms with Crippen molar-refractivity contribution in [2.24, 2.45) is 5.73 Å². The molecule has 2 heterocycles. The van der Waals surface area contributed by atoms with Gasteiger partial charge in [-0.25, -0.2) is 4.98 Å². The molecule has 112 valence electrons. The van der Waals surface area contributed by atoms with Gasteiger partial charge in [-0.3, -0.25) is 9.36 Å². The number of anilines is 1. The number of carbonyl (C=O) groups excluding carboxylic acids is 1. The van der Waals surface area contributed by atoms with E-state index >= 15 is 0 Å². The molecule has 1 aliphatic rings. The SMILES string of the molecule is NC(=O)c1ncn([C@H]2CC[C@@H](CC[P+](O)(O)O)O2)c1N. The third kappa shape index (κ3) is 3.44. The highest BCUT2D eigenvalue weighted by Gasteiger charge is 2.35. The Balaban J connectivity index is 1.98. The van der Waals surface area contributed by atoms with Gasteiger partial charge in [0.1, 0.15) is 18.2 Å². The van der Waals surface area contributed by atoms with Gasteiger partial charge in [0, 0.05) is 6.42 Å². The van der Waals surface area contributed by atoms with Crippen molar-refractivity contribution in [1.82, 2.24) is 9.55 Å². The minimum atomic E-state index is -3.76. The number of hydrogen-bond acceptors (Lipinski definition) is 7. The van der Waals surface area contributed by atoms with Crippen LogP contribution in [-0.2, 0) is 4.74 Å². The predicted molar refractivity (Wildman–Crippen MR) is 71.4 cm³/mol. The van der Waals surface area contributed by atoms with E-state index in [2.05, 4.69) is 4.98 Å². The first-order valence-corrected chi connectivity index (χ1v) is 7.95. The summed E-state index contributed by atoms with van der Waals surface area (Å²) in [5, 5.41) is 0. The average molecular weight is 305 g/mol. The number of hydrogen-bond donors (Lipinski definition) is 5. The Morgan fingerprint density at radius 3 is 2.75 bits per heavy atom. The van der Waals surface area contributed by atoms with Crippen LogP contribution >= 0.6 is 7.94 Å². The van der Waals surface area contributed by atoms with Gasteiger partial charge in [-0.15, -0.1) is 0 Å². The smallest absolute Gasteiger partial charge is 0.383 e. The minimum Gasteiger partial charge on any atom is -0.383 e. The van der Waals surface area contributed by atoms with Gasteiger partial charge in [-0.05, 0) is 12.8 Å². The monoisotopic (exact) mass is 305 g/mol. The molecule has 0 spiro atoms. The molecule has 20 heavy (non-hydrogen) atoms. The van der Waals surface area contributed by atoms with E-state index in [9.17, 15) is 4.79 Å². The molecular weight excluding hydrogens is 287 g/mol. The number of nitrogens with zero attached hydrogens (tertiary/aromatic N) is 2. The molecule has 1 amide bonds. The molecule has 0 unspecified atom stereocenters. The van der Waals surface area contributed by atoms with Crippen LogP contribution in [0.4, 0.5) is 5.82 Å². The molecule has 0 bridgehead atoms. The molecule has 7 N–H and O–H groups in total. The molecule has 0 aliphatic carbocycles. The van der Waals surface area contributed by atoms with Crippen LogP contribution in [0.2, 0.25) is 0 Å². The van der Waals surface area contributed by atoms with Gasteiger partial charge in [-0.1, -0.05) is 0 Å². The number of carbonyl (C=O) groups is 1. The topological polar surface area (TPSA) is 157 Å². The van der Waals surface area contributed by atoms with Gasteiger partial charge in [0.05, 0.1) is 12.4 Å². The molecule has 0 saturated carbocycles. The minimum absolute atomic E-state index is 0.00284. The van der Waals surface area contributed by atoms with Gasteiger partial charge in [0.25, 0.3) is 5.91 Å². The molecule has 1 aromatic rings. The maximum absolute atomic E-state index is 11.1. The maximum Gasteiger partial charge on any atom is 0.403 e. The van der Waals surface area contributed by atoms with Gasteiger partial charge in [0.2, 0.25) is 0 Å². The summed E-state index contributed by atoms with van der Waals surface area (Å²) in [7, 11) is -3.76. The van der Waals surface area contributed by atoms with Gasteiger partial charge in [0.15, 0.2) is 5.69 Å². The summed E-state index contributed by atoms with van der Waals surface area (Å²) in [5.41, 5.74) is 10.9. The zero-order valence-electron chi connectivity index (χ0n) is 10.7. The summed E-state index contributed by atoms with van der Waals surface area (Å²) in [6, 6.07) is 0. The van der Waals surface area contributed by atoms with E-state index in [-0.39, 0.29) is 30.0 Å². The summed E-state index contributed by atoms with van der Waals surface area (Å²) >= 11 is 0. The molecule has 1 aromatic heterocycles. The molecule has 2 atom stereocenters. The zero-order valence-corrected chi connectivity index (χ0v) is 11.6. The third-order valence-corrected chi connectivity index (χ3v) is 4.07. The lowest BCUT2D eigenvalue weighted by Gasteiger charge is -2.16. The van der Waals surface area contributed by atoms with Gasteiger partial charge < -0.3 is 16.2 Å². The lowest BCUT2D eigenvalue weighted by Crippen LogP contribution is -2.17. The second-order valence-corrected chi connectivity index (χ2v) is 6.58. The lowest BCUT2D eigenvalue weighted by molar-refractivity contribution is 0.00171. The Morgan fingerprint density at radius 1 is 1.50 bits per heavy atom. The van der Waals surface area contributed by atoms with Crippen LogP contribution in [0, 0.1) is 0 Å². The summed E-state index contributed by atoms with van der Waals surface area (Å²) in [6.45, 7) is 0. The number of nitrogen functional groups attached to an aromatic ring is 1. The standard InChI is InChI=1S/C10H17N4O5P/c11-9-8(10(12)15)13-5-14(9)7-2-1-6(19-7)3-4-20(16,17)18/h5-7,16-18H,1-4H2,(H3-,11,12,15)/p+1/t6-,7+/m0/s1. The Morgan fingerprint density at radius 2 is 2.20 bits per heavy atom. The van der Waals surface area contributed by atoms with E-state index in [1.165, 1.54) is 10.9 Å². The van der Waals surface area contributed by atoms with Crippen molar-refractivity contribution in [1.29, 1.82) is 0 Å². The zero-order chi connectivity index (χ0) is 14.9. The van der Waals surface area contributed by atoms with E-state index < -0.39 is 13.9 Å². The van der Waals surface area contributed by atoms with Crippen molar-refractivity contribution in [2.75, 3.05) is 11.9 Å². The Bertz CT molecular complexity index is 500. The number of rotatable bonds is 5. The summed E-state index contributed by atoms with van der Waals surface area (Å²) in [6.07, 6.45) is 2.39. The van der Waals surface area contributed by atoms with Gasteiger partial charge in [-0.2, -0.15) is 14.7 Å². The van der Waals surface area contributed by atoms with Crippen LogP contribution in [0.1, 0.15) is 36.0 Å². The molecule has 1 saturated heterocycles. The van der Waals surface area contributed by atoms with Crippen LogP contribution in [0.15, 0.2) is 6.33 Å². The van der Waals surface area contributed by atoms with Crippen molar-refractivity contribution in [2.45, 2.75) is 31.6 Å². The molecule has 2 rings (SSSR count). The van der Waals surface area contributed by atoms with Crippen LogP contribution in [-0.4, -0.2) is 42.4 Å². The molecule has 10 heteroatoms. The van der Waals surface area contributed by atoms with Crippen molar-refractivity contribution in [3.63, 3.8) is 0 Å². The maximum atomic E-state index is 11.1. The summed E-state index contributed by atoms with van der Waals surface area (Å²) in [4.78, 5) is 41.8. The largest absolute Gasteiger partial charge is 0.403 e. The van der Waals surface area contributed by atoms with Gasteiger partial charge >= 0.3 is 7.94 Å². The van der Waals surface area contributed by atoms with Crippen molar-refractivity contribution < 1.29 is 24.2 Å². The first-order valence-electron chi connectivity index (χ1n) is 6.12. The molecule has 0 aromatic carbocycles.